The summed E-state index contributed by atoms with van der Waals surface area (Å²) in [5, 5.41) is 2.69. The van der Waals surface area contributed by atoms with Crippen molar-refractivity contribution >= 4 is 11.6 Å². The van der Waals surface area contributed by atoms with Gasteiger partial charge >= 0.3 is 0 Å². The van der Waals surface area contributed by atoms with Crippen molar-refractivity contribution in [1.82, 2.24) is 0 Å². The van der Waals surface area contributed by atoms with Crippen LogP contribution in [0.2, 0.25) is 0 Å². The van der Waals surface area contributed by atoms with Crippen LogP contribution in [0.25, 0.3) is 0 Å². The Labute approximate surface area is 146 Å². The molecule has 0 fully saturated rings. The van der Waals surface area contributed by atoms with Crippen molar-refractivity contribution in [2.24, 2.45) is 0 Å². The highest BCUT2D eigenvalue weighted by Gasteiger charge is 2.12. The standard InChI is InChI=1S/C21H18FNO2/c22-17-9-6-10-18(15-17)23-21(24)19-11-4-5-12-20(19)25-14-13-16-7-2-1-3-8-16/h1-12,15H,13-14H2,(H,23,24). The predicted molar refractivity (Wildman–Crippen MR) is 96.4 cm³/mol. The molecule has 3 rings (SSSR count). The van der Waals surface area contributed by atoms with Crippen molar-refractivity contribution in [3.05, 3.63) is 95.8 Å². The van der Waals surface area contributed by atoms with Crippen LogP contribution >= 0.6 is 0 Å². The van der Waals surface area contributed by atoms with Gasteiger partial charge in [-0.25, -0.2) is 4.39 Å². The average molecular weight is 335 g/mol. The summed E-state index contributed by atoms with van der Waals surface area (Å²) in [6.07, 6.45) is 0.751. The molecule has 4 heteroatoms. The van der Waals surface area contributed by atoms with Crippen molar-refractivity contribution in [2.45, 2.75) is 6.42 Å². The molecular weight excluding hydrogens is 317 g/mol. The minimum absolute atomic E-state index is 0.332. The third-order valence-corrected chi connectivity index (χ3v) is 3.71. The second kappa shape index (κ2) is 8.11. The van der Waals surface area contributed by atoms with E-state index in [4.69, 9.17) is 4.74 Å². The van der Waals surface area contributed by atoms with Gasteiger partial charge in [0, 0.05) is 12.1 Å². The summed E-state index contributed by atoms with van der Waals surface area (Å²) < 4.78 is 19.0. The van der Waals surface area contributed by atoms with Crippen LogP contribution in [0.1, 0.15) is 15.9 Å². The van der Waals surface area contributed by atoms with Crippen LogP contribution in [0.3, 0.4) is 0 Å². The Balaban J connectivity index is 1.66. The third kappa shape index (κ3) is 4.67. The third-order valence-electron chi connectivity index (χ3n) is 3.71. The zero-order chi connectivity index (χ0) is 17.5. The number of halogens is 1. The van der Waals surface area contributed by atoms with Gasteiger partial charge in [-0.2, -0.15) is 0 Å². The van der Waals surface area contributed by atoms with E-state index in [9.17, 15) is 9.18 Å². The van der Waals surface area contributed by atoms with E-state index in [0.717, 1.165) is 6.42 Å². The molecule has 0 radical (unpaired) electrons. The molecule has 0 spiro atoms. The van der Waals surface area contributed by atoms with Crippen molar-refractivity contribution in [3.8, 4) is 5.75 Å². The van der Waals surface area contributed by atoms with Crippen LogP contribution in [0.4, 0.5) is 10.1 Å². The fourth-order valence-corrected chi connectivity index (χ4v) is 2.47. The van der Waals surface area contributed by atoms with Gasteiger partial charge in [0.25, 0.3) is 5.91 Å². The molecule has 0 saturated carbocycles. The summed E-state index contributed by atoms with van der Waals surface area (Å²) in [6.45, 7) is 0.467. The average Bonchev–Trinajstić information content (AvgIpc) is 2.63. The van der Waals surface area contributed by atoms with Gasteiger partial charge in [0.15, 0.2) is 0 Å². The molecule has 0 saturated heterocycles. The van der Waals surface area contributed by atoms with E-state index in [2.05, 4.69) is 5.32 Å². The van der Waals surface area contributed by atoms with Gasteiger partial charge in [-0.05, 0) is 35.9 Å². The van der Waals surface area contributed by atoms with Crippen LogP contribution in [-0.4, -0.2) is 12.5 Å². The van der Waals surface area contributed by atoms with Gasteiger partial charge in [0.2, 0.25) is 0 Å². The lowest BCUT2D eigenvalue weighted by Gasteiger charge is -2.12. The summed E-state index contributed by atoms with van der Waals surface area (Å²) in [5.74, 6) is -0.224. The molecule has 0 aliphatic heterocycles. The highest BCUT2D eigenvalue weighted by Crippen LogP contribution is 2.20. The Hall–Kier alpha value is -3.14. The first-order valence-electron chi connectivity index (χ1n) is 8.05. The number of rotatable bonds is 6. The molecular formula is C21H18FNO2. The fraction of sp³-hybridized carbons (Fsp3) is 0.0952. The normalized spacial score (nSPS) is 10.3. The lowest BCUT2D eigenvalue weighted by atomic mass is 10.1. The number of ether oxygens (including phenoxy) is 1. The van der Waals surface area contributed by atoms with E-state index in [1.54, 1.807) is 30.3 Å². The van der Waals surface area contributed by atoms with Crippen molar-refractivity contribution in [3.63, 3.8) is 0 Å². The summed E-state index contributed by atoms with van der Waals surface area (Å²) in [6, 6.07) is 22.8. The summed E-state index contributed by atoms with van der Waals surface area (Å²) in [5.41, 5.74) is 1.99. The Kier molecular flexibility index (Phi) is 5.42. The Morgan fingerprint density at radius 2 is 1.68 bits per heavy atom. The zero-order valence-corrected chi connectivity index (χ0v) is 13.6. The molecule has 1 N–H and O–H groups in total. The number of nitrogens with one attached hydrogen (secondary N) is 1. The van der Waals surface area contributed by atoms with Crippen LogP contribution in [0, 0.1) is 5.82 Å². The molecule has 3 aromatic carbocycles. The monoisotopic (exact) mass is 335 g/mol. The van der Waals surface area contributed by atoms with Gasteiger partial charge in [0.05, 0.1) is 12.2 Å². The number of amides is 1. The topological polar surface area (TPSA) is 38.3 Å². The van der Waals surface area contributed by atoms with Gasteiger partial charge in [-0.3, -0.25) is 4.79 Å². The van der Waals surface area contributed by atoms with E-state index in [0.29, 0.717) is 23.6 Å². The quantitative estimate of drug-likeness (QED) is 0.709. The number of para-hydroxylation sites is 1. The molecule has 126 valence electrons. The minimum atomic E-state index is -0.398. The number of hydrogen-bond acceptors (Lipinski definition) is 2. The Morgan fingerprint density at radius 1 is 0.920 bits per heavy atom. The second-order valence-corrected chi connectivity index (χ2v) is 5.54. The first kappa shape index (κ1) is 16.7. The molecule has 0 aliphatic rings. The van der Waals surface area contributed by atoms with Crippen molar-refractivity contribution in [2.75, 3.05) is 11.9 Å². The predicted octanol–water partition coefficient (Wildman–Crippen LogP) is 4.70. The smallest absolute Gasteiger partial charge is 0.259 e. The van der Waals surface area contributed by atoms with E-state index in [-0.39, 0.29) is 5.91 Å². The molecule has 0 bridgehead atoms. The maximum Gasteiger partial charge on any atom is 0.259 e. The van der Waals surface area contributed by atoms with E-state index < -0.39 is 5.82 Å². The molecule has 3 nitrogen and oxygen atoms in total. The summed E-state index contributed by atoms with van der Waals surface area (Å²) in [4.78, 5) is 12.5. The van der Waals surface area contributed by atoms with Crippen LogP contribution in [-0.2, 0) is 6.42 Å². The van der Waals surface area contributed by atoms with Crippen LogP contribution < -0.4 is 10.1 Å². The Bertz CT molecular complexity index is 849. The van der Waals surface area contributed by atoms with E-state index in [1.807, 2.05) is 36.4 Å². The van der Waals surface area contributed by atoms with Gasteiger partial charge in [-0.1, -0.05) is 48.5 Å². The molecule has 0 heterocycles. The maximum atomic E-state index is 13.3. The molecule has 0 aromatic heterocycles. The number of anilines is 1. The molecule has 25 heavy (non-hydrogen) atoms. The maximum absolute atomic E-state index is 13.3. The first-order valence-corrected chi connectivity index (χ1v) is 8.05. The zero-order valence-electron chi connectivity index (χ0n) is 13.6. The van der Waals surface area contributed by atoms with Crippen molar-refractivity contribution < 1.29 is 13.9 Å². The number of hydrogen-bond donors (Lipinski definition) is 1. The fourth-order valence-electron chi connectivity index (χ4n) is 2.47. The first-order chi connectivity index (χ1) is 12.2. The molecule has 3 aromatic rings. The molecule has 0 atom stereocenters. The largest absolute Gasteiger partial charge is 0.492 e. The van der Waals surface area contributed by atoms with E-state index in [1.165, 1.54) is 17.7 Å². The van der Waals surface area contributed by atoms with Gasteiger partial charge in [0.1, 0.15) is 11.6 Å². The molecule has 1 amide bonds. The van der Waals surface area contributed by atoms with Gasteiger partial charge < -0.3 is 10.1 Å². The minimum Gasteiger partial charge on any atom is -0.492 e. The van der Waals surface area contributed by atoms with Gasteiger partial charge in [-0.15, -0.1) is 0 Å². The Morgan fingerprint density at radius 3 is 2.48 bits per heavy atom. The molecule has 0 unspecified atom stereocenters. The number of benzene rings is 3. The lowest BCUT2D eigenvalue weighted by molar-refractivity contribution is 0.102. The highest BCUT2D eigenvalue weighted by molar-refractivity contribution is 6.06. The number of carbonyl (C=O) groups is 1. The molecule has 0 aliphatic carbocycles. The summed E-state index contributed by atoms with van der Waals surface area (Å²) in [7, 11) is 0. The van der Waals surface area contributed by atoms with Crippen LogP contribution in [0.15, 0.2) is 78.9 Å². The van der Waals surface area contributed by atoms with Crippen molar-refractivity contribution in [1.29, 1.82) is 0 Å². The SMILES string of the molecule is O=C(Nc1cccc(F)c1)c1ccccc1OCCc1ccccc1. The summed E-state index contributed by atoms with van der Waals surface area (Å²) >= 11 is 0. The second-order valence-electron chi connectivity index (χ2n) is 5.54. The highest BCUT2D eigenvalue weighted by atomic mass is 19.1. The number of carbonyl (C=O) groups excluding carboxylic acids is 1. The van der Waals surface area contributed by atoms with Crippen LogP contribution in [0.5, 0.6) is 5.75 Å². The van der Waals surface area contributed by atoms with E-state index >= 15 is 0 Å². The lowest BCUT2D eigenvalue weighted by Crippen LogP contribution is -2.14.